The second-order valence-corrected chi connectivity index (χ2v) is 6.18. The SMILES string of the molecule is CN1Cc2c([nH]c3ccccc23)C(NCc2ccccc2)C1. The number of rotatable bonds is 3. The molecule has 4 rings (SSSR count). The van der Waals surface area contributed by atoms with Crippen LogP contribution in [-0.4, -0.2) is 23.5 Å². The van der Waals surface area contributed by atoms with Crippen molar-refractivity contribution < 1.29 is 0 Å². The molecule has 112 valence electrons. The minimum Gasteiger partial charge on any atom is -0.357 e. The first-order valence-corrected chi connectivity index (χ1v) is 7.86. The first kappa shape index (κ1) is 13.6. The lowest BCUT2D eigenvalue weighted by molar-refractivity contribution is 0.258. The molecule has 0 spiro atoms. The largest absolute Gasteiger partial charge is 0.357 e. The van der Waals surface area contributed by atoms with Gasteiger partial charge < -0.3 is 15.2 Å². The number of fused-ring (bicyclic) bond motifs is 3. The molecule has 0 aliphatic carbocycles. The molecular formula is C19H21N3. The number of benzene rings is 2. The van der Waals surface area contributed by atoms with Gasteiger partial charge in [-0.2, -0.15) is 0 Å². The summed E-state index contributed by atoms with van der Waals surface area (Å²) in [6.07, 6.45) is 0. The number of aromatic nitrogens is 1. The fourth-order valence-electron chi connectivity index (χ4n) is 3.43. The van der Waals surface area contributed by atoms with Crippen LogP contribution in [0.2, 0.25) is 0 Å². The number of nitrogens with zero attached hydrogens (tertiary/aromatic N) is 1. The molecule has 1 unspecified atom stereocenters. The highest BCUT2D eigenvalue weighted by molar-refractivity contribution is 5.85. The maximum Gasteiger partial charge on any atom is 0.0608 e. The number of likely N-dealkylation sites (N-methyl/N-ethyl adjacent to an activating group) is 1. The van der Waals surface area contributed by atoms with Gasteiger partial charge in [0.25, 0.3) is 0 Å². The van der Waals surface area contributed by atoms with Crippen molar-refractivity contribution in [2.24, 2.45) is 0 Å². The van der Waals surface area contributed by atoms with Gasteiger partial charge in [-0.15, -0.1) is 0 Å². The quantitative estimate of drug-likeness (QED) is 0.774. The Morgan fingerprint density at radius 3 is 2.73 bits per heavy atom. The van der Waals surface area contributed by atoms with Gasteiger partial charge in [-0.05, 0) is 24.2 Å². The Balaban J connectivity index is 1.64. The van der Waals surface area contributed by atoms with E-state index >= 15 is 0 Å². The van der Waals surface area contributed by atoms with Crippen molar-refractivity contribution >= 4 is 10.9 Å². The van der Waals surface area contributed by atoms with Crippen molar-refractivity contribution in [2.45, 2.75) is 19.1 Å². The van der Waals surface area contributed by atoms with Gasteiger partial charge in [-0.1, -0.05) is 48.5 Å². The van der Waals surface area contributed by atoms with Gasteiger partial charge in [0.2, 0.25) is 0 Å². The van der Waals surface area contributed by atoms with Gasteiger partial charge in [-0.25, -0.2) is 0 Å². The van der Waals surface area contributed by atoms with E-state index in [1.807, 2.05) is 0 Å². The van der Waals surface area contributed by atoms with Crippen LogP contribution in [0.25, 0.3) is 10.9 Å². The first-order valence-electron chi connectivity index (χ1n) is 7.86. The molecule has 2 aromatic carbocycles. The molecule has 3 aromatic rings. The normalized spacial score (nSPS) is 18.5. The van der Waals surface area contributed by atoms with E-state index < -0.39 is 0 Å². The molecule has 1 aliphatic heterocycles. The molecule has 0 saturated heterocycles. The molecule has 0 fully saturated rings. The Morgan fingerprint density at radius 1 is 1.09 bits per heavy atom. The fourth-order valence-corrected chi connectivity index (χ4v) is 3.43. The minimum atomic E-state index is 0.348. The standard InChI is InChI=1S/C19H21N3/c1-22-12-16-15-9-5-6-10-17(15)21-19(16)18(13-22)20-11-14-7-3-2-4-8-14/h2-10,18,20-21H,11-13H2,1H3. The van der Waals surface area contributed by atoms with Crippen LogP contribution in [0.4, 0.5) is 0 Å². The molecule has 0 bridgehead atoms. The first-order chi connectivity index (χ1) is 10.8. The van der Waals surface area contributed by atoms with Crippen molar-refractivity contribution in [1.82, 2.24) is 15.2 Å². The summed E-state index contributed by atoms with van der Waals surface area (Å²) < 4.78 is 0. The van der Waals surface area contributed by atoms with E-state index in [2.05, 4.69) is 76.8 Å². The topological polar surface area (TPSA) is 31.1 Å². The number of aromatic amines is 1. The maximum absolute atomic E-state index is 3.71. The van der Waals surface area contributed by atoms with Crippen LogP contribution in [0.3, 0.4) is 0 Å². The summed E-state index contributed by atoms with van der Waals surface area (Å²) in [5, 5.41) is 5.07. The van der Waals surface area contributed by atoms with Gasteiger partial charge in [-0.3, -0.25) is 0 Å². The summed E-state index contributed by atoms with van der Waals surface area (Å²) in [6.45, 7) is 2.95. The second-order valence-electron chi connectivity index (χ2n) is 6.18. The Labute approximate surface area is 131 Å². The summed E-state index contributed by atoms with van der Waals surface area (Å²) in [4.78, 5) is 6.03. The summed E-state index contributed by atoms with van der Waals surface area (Å²) in [7, 11) is 2.20. The number of hydrogen-bond acceptors (Lipinski definition) is 2. The van der Waals surface area contributed by atoms with Crippen LogP contribution in [0.1, 0.15) is 22.9 Å². The number of para-hydroxylation sites is 1. The lowest BCUT2D eigenvalue weighted by atomic mass is 10.0. The molecule has 3 nitrogen and oxygen atoms in total. The predicted octanol–water partition coefficient (Wildman–Crippen LogP) is 3.44. The van der Waals surface area contributed by atoms with E-state index in [9.17, 15) is 0 Å². The number of nitrogens with one attached hydrogen (secondary N) is 2. The fraction of sp³-hybridized carbons (Fsp3) is 0.263. The van der Waals surface area contributed by atoms with Gasteiger partial charge >= 0.3 is 0 Å². The van der Waals surface area contributed by atoms with Gasteiger partial charge in [0.15, 0.2) is 0 Å². The van der Waals surface area contributed by atoms with Crippen molar-refractivity contribution in [3.05, 3.63) is 71.4 Å². The van der Waals surface area contributed by atoms with Crippen molar-refractivity contribution in [3.63, 3.8) is 0 Å². The average molecular weight is 291 g/mol. The molecule has 2 heterocycles. The van der Waals surface area contributed by atoms with E-state index in [0.29, 0.717) is 6.04 Å². The van der Waals surface area contributed by atoms with E-state index in [0.717, 1.165) is 19.6 Å². The zero-order valence-electron chi connectivity index (χ0n) is 12.8. The summed E-state index contributed by atoms with van der Waals surface area (Å²) in [5.41, 5.74) is 5.37. The summed E-state index contributed by atoms with van der Waals surface area (Å²) in [6, 6.07) is 19.6. The van der Waals surface area contributed by atoms with E-state index in [-0.39, 0.29) is 0 Å². The van der Waals surface area contributed by atoms with Crippen LogP contribution in [0, 0.1) is 0 Å². The Kier molecular flexibility index (Phi) is 3.45. The third kappa shape index (κ3) is 2.43. The van der Waals surface area contributed by atoms with Crippen molar-refractivity contribution in [2.75, 3.05) is 13.6 Å². The highest BCUT2D eigenvalue weighted by atomic mass is 15.1. The Bertz CT molecular complexity index is 776. The third-order valence-electron chi connectivity index (χ3n) is 4.51. The maximum atomic E-state index is 3.71. The molecule has 22 heavy (non-hydrogen) atoms. The van der Waals surface area contributed by atoms with Crippen molar-refractivity contribution in [3.8, 4) is 0 Å². The minimum absolute atomic E-state index is 0.348. The van der Waals surface area contributed by atoms with Crippen LogP contribution < -0.4 is 5.32 Å². The molecule has 1 atom stereocenters. The zero-order valence-corrected chi connectivity index (χ0v) is 12.8. The third-order valence-corrected chi connectivity index (χ3v) is 4.51. The molecule has 2 N–H and O–H groups in total. The molecule has 1 aromatic heterocycles. The average Bonchev–Trinajstić information content (AvgIpc) is 2.92. The van der Waals surface area contributed by atoms with Gasteiger partial charge in [0, 0.05) is 36.2 Å². The molecule has 3 heteroatoms. The van der Waals surface area contributed by atoms with Gasteiger partial charge in [0.05, 0.1) is 6.04 Å². The summed E-state index contributed by atoms with van der Waals surface area (Å²) >= 11 is 0. The van der Waals surface area contributed by atoms with Crippen LogP contribution in [0.15, 0.2) is 54.6 Å². The highest BCUT2D eigenvalue weighted by Crippen LogP contribution is 2.31. The van der Waals surface area contributed by atoms with Crippen LogP contribution in [0.5, 0.6) is 0 Å². The lowest BCUT2D eigenvalue weighted by Gasteiger charge is -2.31. The lowest BCUT2D eigenvalue weighted by Crippen LogP contribution is -2.37. The predicted molar refractivity (Wildman–Crippen MR) is 90.7 cm³/mol. The number of H-pyrrole nitrogens is 1. The second kappa shape index (κ2) is 5.59. The van der Waals surface area contributed by atoms with Crippen LogP contribution >= 0.6 is 0 Å². The van der Waals surface area contributed by atoms with E-state index in [1.54, 1.807) is 0 Å². The molecule has 0 saturated carbocycles. The molecule has 0 radical (unpaired) electrons. The monoisotopic (exact) mass is 291 g/mol. The van der Waals surface area contributed by atoms with Gasteiger partial charge in [0.1, 0.15) is 0 Å². The van der Waals surface area contributed by atoms with E-state index in [4.69, 9.17) is 0 Å². The summed E-state index contributed by atoms with van der Waals surface area (Å²) in [5.74, 6) is 0. The van der Waals surface area contributed by atoms with Crippen molar-refractivity contribution in [1.29, 1.82) is 0 Å². The molecule has 0 amide bonds. The Morgan fingerprint density at radius 2 is 1.86 bits per heavy atom. The van der Waals surface area contributed by atoms with Crippen LogP contribution in [-0.2, 0) is 13.1 Å². The zero-order chi connectivity index (χ0) is 14.9. The molecular weight excluding hydrogens is 270 g/mol. The number of hydrogen-bond donors (Lipinski definition) is 2. The molecule has 1 aliphatic rings. The van der Waals surface area contributed by atoms with E-state index in [1.165, 1.54) is 27.7 Å². The smallest absolute Gasteiger partial charge is 0.0608 e. The highest BCUT2D eigenvalue weighted by Gasteiger charge is 2.26. The Hall–Kier alpha value is -2.10.